The molecule has 0 radical (unpaired) electrons. The van der Waals surface area contributed by atoms with Crippen molar-refractivity contribution >= 4 is 17.4 Å². The Kier molecular flexibility index (Phi) is 6.46. The molecule has 8 heteroatoms. The van der Waals surface area contributed by atoms with Crippen LogP contribution in [-0.4, -0.2) is 35.3 Å². The number of carbonyl (C=O) groups excluding carboxylic acids is 1. The molecule has 0 saturated heterocycles. The van der Waals surface area contributed by atoms with Crippen LogP contribution in [0.5, 0.6) is 5.75 Å². The molecule has 1 heterocycles. The van der Waals surface area contributed by atoms with Crippen molar-refractivity contribution in [2.45, 2.75) is 26.3 Å². The minimum atomic E-state index is -0.442. The van der Waals surface area contributed by atoms with Gasteiger partial charge in [-0.3, -0.25) is 15.1 Å². The summed E-state index contributed by atoms with van der Waals surface area (Å²) in [4.78, 5) is 22.7. The van der Waals surface area contributed by atoms with Gasteiger partial charge < -0.3 is 9.47 Å². The number of hydrogen-bond acceptors (Lipinski definition) is 7. The fraction of sp³-hybridized carbons (Fsp3) is 0.273. The number of non-ortho nitro benzene ring substituents is 1. The molecule has 3 rings (SSSR count). The molecular formula is C22H23N3O5. The molecule has 1 aliphatic heterocycles. The number of ether oxygens (including phenoxy) is 2. The number of allylic oxidation sites excluding steroid dienone is 1. The zero-order chi connectivity index (χ0) is 21.7. The highest BCUT2D eigenvalue weighted by molar-refractivity contribution is 6.02. The number of nitro benzene ring substituents is 1. The SMILES string of the molecule is CCOC(=O)/C=C(\C)N1N=C(c2cccc([N+](=O)[O-])c2)CC1c1ccc(OC)cc1. The monoisotopic (exact) mass is 409 g/mol. The maximum Gasteiger partial charge on any atom is 0.332 e. The van der Waals surface area contributed by atoms with E-state index in [-0.39, 0.29) is 18.3 Å². The molecule has 0 spiro atoms. The van der Waals surface area contributed by atoms with E-state index < -0.39 is 10.9 Å². The predicted octanol–water partition coefficient (Wildman–Crippen LogP) is 4.22. The van der Waals surface area contributed by atoms with Gasteiger partial charge in [-0.1, -0.05) is 24.3 Å². The zero-order valence-corrected chi connectivity index (χ0v) is 17.1. The largest absolute Gasteiger partial charge is 0.497 e. The van der Waals surface area contributed by atoms with Crippen LogP contribution >= 0.6 is 0 Å². The van der Waals surface area contributed by atoms with E-state index >= 15 is 0 Å². The topological polar surface area (TPSA) is 94.3 Å². The Labute approximate surface area is 174 Å². The van der Waals surface area contributed by atoms with E-state index in [0.29, 0.717) is 23.4 Å². The second-order valence-electron chi connectivity index (χ2n) is 6.73. The summed E-state index contributed by atoms with van der Waals surface area (Å²) in [7, 11) is 1.60. The first-order chi connectivity index (χ1) is 14.4. The quantitative estimate of drug-likeness (QED) is 0.294. The van der Waals surface area contributed by atoms with Crippen LogP contribution in [0, 0.1) is 10.1 Å². The Hall–Kier alpha value is -3.68. The molecule has 1 unspecified atom stereocenters. The van der Waals surface area contributed by atoms with E-state index in [4.69, 9.17) is 14.6 Å². The summed E-state index contributed by atoms with van der Waals surface area (Å²) in [6.07, 6.45) is 1.93. The van der Waals surface area contributed by atoms with Crippen LogP contribution in [0.1, 0.15) is 37.4 Å². The normalized spacial score (nSPS) is 16.2. The van der Waals surface area contributed by atoms with Crippen LogP contribution in [0.3, 0.4) is 0 Å². The maximum absolute atomic E-state index is 11.9. The van der Waals surface area contributed by atoms with E-state index in [1.54, 1.807) is 38.1 Å². The van der Waals surface area contributed by atoms with Crippen molar-refractivity contribution < 1.29 is 19.2 Å². The lowest BCUT2D eigenvalue weighted by Crippen LogP contribution is -2.18. The predicted molar refractivity (Wildman–Crippen MR) is 112 cm³/mol. The van der Waals surface area contributed by atoms with Crippen LogP contribution < -0.4 is 4.74 Å². The summed E-state index contributed by atoms with van der Waals surface area (Å²) in [6.45, 7) is 3.82. The fourth-order valence-corrected chi connectivity index (χ4v) is 3.32. The van der Waals surface area contributed by atoms with Gasteiger partial charge in [0.05, 0.1) is 30.4 Å². The highest BCUT2D eigenvalue weighted by Gasteiger charge is 2.30. The first-order valence-corrected chi connectivity index (χ1v) is 9.53. The van der Waals surface area contributed by atoms with Gasteiger partial charge >= 0.3 is 5.97 Å². The summed E-state index contributed by atoms with van der Waals surface area (Å²) in [5.41, 5.74) is 2.99. The van der Waals surface area contributed by atoms with Gasteiger partial charge in [0.15, 0.2) is 0 Å². The number of nitrogens with zero attached hydrogens (tertiary/aromatic N) is 3. The van der Waals surface area contributed by atoms with Crippen molar-refractivity contribution in [1.29, 1.82) is 0 Å². The van der Waals surface area contributed by atoms with Crippen LogP contribution in [0.15, 0.2) is 65.4 Å². The van der Waals surface area contributed by atoms with Crippen LogP contribution in [0.4, 0.5) is 5.69 Å². The molecule has 0 N–H and O–H groups in total. The second kappa shape index (κ2) is 9.21. The number of hydrogen-bond donors (Lipinski definition) is 0. The van der Waals surface area contributed by atoms with Crippen molar-refractivity contribution in [3.8, 4) is 5.75 Å². The number of hydrazone groups is 1. The molecule has 0 aromatic heterocycles. The highest BCUT2D eigenvalue weighted by atomic mass is 16.6. The summed E-state index contributed by atoms with van der Waals surface area (Å²) < 4.78 is 10.2. The summed E-state index contributed by atoms with van der Waals surface area (Å²) in [5, 5.41) is 17.6. The van der Waals surface area contributed by atoms with Gasteiger partial charge in [-0.25, -0.2) is 4.79 Å². The molecule has 0 aliphatic carbocycles. The molecule has 0 saturated carbocycles. The van der Waals surface area contributed by atoms with Crippen molar-refractivity contribution in [1.82, 2.24) is 5.01 Å². The third-order valence-corrected chi connectivity index (χ3v) is 4.78. The molecule has 1 atom stereocenters. The average molecular weight is 409 g/mol. The standard InChI is InChI=1S/C22H23N3O5/c1-4-30-22(26)12-15(2)24-21(16-8-10-19(29-3)11-9-16)14-20(23-24)17-6-5-7-18(13-17)25(27)28/h5-13,21H,4,14H2,1-3H3/b15-12+. The molecule has 0 fully saturated rings. The summed E-state index contributed by atoms with van der Waals surface area (Å²) >= 11 is 0. The van der Waals surface area contributed by atoms with Gasteiger partial charge in [0, 0.05) is 35.9 Å². The van der Waals surface area contributed by atoms with Crippen molar-refractivity contribution in [3.63, 3.8) is 0 Å². The van der Waals surface area contributed by atoms with E-state index in [0.717, 1.165) is 11.3 Å². The number of carbonyl (C=O) groups is 1. The van der Waals surface area contributed by atoms with Crippen molar-refractivity contribution in [2.75, 3.05) is 13.7 Å². The van der Waals surface area contributed by atoms with Gasteiger partial charge in [-0.05, 0) is 31.5 Å². The second-order valence-corrected chi connectivity index (χ2v) is 6.73. The van der Waals surface area contributed by atoms with Crippen LogP contribution in [0.25, 0.3) is 0 Å². The van der Waals surface area contributed by atoms with Gasteiger partial charge in [0.1, 0.15) is 5.75 Å². The first kappa shape index (κ1) is 21.0. The van der Waals surface area contributed by atoms with Gasteiger partial charge in [0.2, 0.25) is 0 Å². The Bertz CT molecular complexity index is 998. The first-order valence-electron chi connectivity index (χ1n) is 9.53. The van der Waals surface area contributed by atoms with E-state index in [1.807, 2.05) is 24.3 Å². The number of methoxy groups -OCH3 is 1. The lowest BCUT2D eigenvalue weighted by molar-refractivity contribution is -0.384. The number of esters is 1. The Balaban J connectivity index is 1.98. The van der Waals surface area contributed by atoms with Crippen molar-refractivity contribution in [2.24, 2.45) is 5.10 Å². The third kappa shape index (κ3) is 4.65. The Morgan fingerprint density at radius 2 is 2.03 bits per heavy atom. The summed E-state index contributed by atoms with van der Waals surface area (Å²) in [6, 6.07) is 13.8. The van der Waals surface area contributed by atoms with Crippen LogP contribution in [0.2, 0.25) is 0 Å². The van der Waals surface area contributed by atoms with Gasteiger partial charge in [0.25, 0.3) is 5.69 Å². The minimum absolute atomic E-state index is 0.00781. The Morgan fingerprint density at radius 3 is 2.67 bits per heavy atom. The molecular weight excluding hydrogens is 386 g/mol. The molecule has 0 bridgehead atoms. The van der Waals surface area contributed by atoms with Crippen molar-refractivity contribution in [3.05, 3.63) is 81.5 Å². The van der Waals surface area contributed by atoms with E-state index in [9.17, 15) is 14.9 Å². The smallest absolute Gasteiger partial charge is 0.332 e. The van der Waals surface area contributed by atoms with E-state index in [2.05, 4.69) is 0 Å². The third-order valence-electron chi connectivity index (χ3n) is 4.78. The average Bonchev–Trinajstić information content (AvgIpc) is 3.20. The molecule has 30 heavy (non-hydrogen) atoms. The lowest BCUT2D eigenvalue weighted by atomic mass is 9.98. The van der Waals surface area contributed by atoms with Gasteiger partial charge in [-0.2, -0.15) is 5.10 Å². The van der Waals surface area contributed by atoms with E-state index in [1.165, 1.54) is 18.2 Å². The molecule has 0 amide bonds. The number of rotatable bonds is 7. The Morgan fingerprint density at radius 1 is 1.30 bits per heavy atom. The molecule has 8 nitrogen and oxygen atoms in total. The molecule has 156 valence electrons. The minimum Gasteiger partial charge on any atom is -0.497 e. The molecule has 2 aromatic carbocycles. The zero-order valence-electron chi connectivity index (χ0n) is 17.1. The fourth-order valence-electron chi connectivity index (χ4n) is 3.32. The van der Waals surface area contributed by atoms with Crippen LogP contribution in [-0.2, 0) is 9.53 Å². The lowest BCUT2D eigenvalue weighted by Gasteiger charge is -2.24. The number of nitro groups is 1. The molecule has 1 aliphatic rings. The summed E-state index contributed by atoms with van der Waals surface area (Å²) in [5.74, 6) is 0.296. The maximum atomic E-state index is 11.9. The molecule has 2 aromatic rings. The highest BCUT2D eigenvalue weighted by Crippen LogP contribution is 2.36. The van der Waals surface area contributed by atoms with Gasteiger partial charge in [-0.15, -0.1) is 0 Å². The number of benzene rings is 2.